The van der Waals surface area contributed by atoms with Crippen molar-refractivity contribution in [2.75, 3.05) is 44.8 Å². The molecular formula is C24H30N4O5. The number of ether oxygens (including phenoxy) is 2. The van der Waals surface area contributed by atoms with E-state index in [1.165, 1.54) is 6.07 Å². The van der Waals surface area contributed by atoms with Crippen LogP contribution in [0.1, 0.15) is 45.4 Å². The number of hydrogen-bond donors (Lipinski definition) is 2. The van der Waals surface area contributed by atoms with E-state index in [0.29, 0.717) is 43.1 Å². The van der Waals surface area contributed by atoms with Crippen LogP contribution >= 0.6 is 0 Å². The third-order valence-corrected chi connectivity index (χ3v) is 5.24. The summed E-state index contributed by atoms with van der Waals surface area (Å²) in [5.74, 6) is -0.865. The summed E-state index contributed by atoms with van der Waals surface area (Å²) in [5.41, 5.74) is 2.51. The summed E-state index contributed by atoms with van der Waals surface area (Å²) >= 11 is 0. The predicted molar refractivity (Wildman–Crippen MR) is 123 cm³/mol. The van der Waals surface area contributed by atoms with Crippen LogP contribution in [0.25, 0.3) is 0 Å². The molecule has 0 radical (unpaired) electrons. The highest BCUT2D eigenvalue weighted by molar-refractivity contribution is 5.95. The van der Waals surface area contributed by atoms with Crippen LogP contribution in [-0.2, 0) is 20.8 Å². The van der Waals surface area contributed by atoms with E-state index in [0.717, 1.165) is 18.7 Å². The van der Waals surface area contributed by atoms with E-state index in [9.17, 15) is 14.4 Å². The Hall–Kier alpha value is -3.30. The lowest BCUT2D eigenvalue weighted by molar-refractivity contribution is -0.116. The summed E-state index contributed by atoms with van der Waals surface area (Å²) < 4.78 is 10.3. The number of aromatic nitrogens is 1. The second kappa shape index (κ2) is 12.1. The van der Waals surface area contributed by atoms with E-state index in [2.05, 4.69) is 20.5 Å². The number of rotatable bonds is 9. The van der Waals surface area contributed by atoms with Crippen LogP contribution in [0.15, 0.2) is 36.4 Å². The Bertz CT molecular complexity index is 989. The molecule has 1 aliphatic heterocycles. The fraction of sp³-hybridized carbons (Fsp3) is 0.417. The number of anilines is 1. The van der Waals surface area contributed by atoms with Gasteiger partial charge in [0, 0.05) is 38.3 Å². The molecule has 176 valence electrons. The van der Waals surface area contributed by atoms with Gasteiger partial charge in [0.2, 0.25) is 5.91 Å². The van der Waals surface area contributed by atoms with Gasteiger partial charge >= 0.3 is 5.97 Å². The van der Waals surface area contributed by atoms with Crippen molar-refractivity contribution in [3.63, 3.8) is 0 Å². The molecule has 0 bridgehead atoms. The number of nitrogens with zero attached hydrogens (tertiary/aromatic N) is 2. The highest BCUT2D eigenvalue weighted by Gasteiger charge is 2.15. The Morgan fingerprint density at radius 3 is 2.67 bits per heavy atom. The van der Waals surface area contributed by atoms with E-state index < -0.39 is 5.97 Å². The number of benzene rings is 1. The third-order valence-electron chi connectivity index (χ3n) is 5.24. The fourth-order valence-corrected chi connectivity index (χ4v) is 3.45. The standard InChI is InChI=1S/C24H30N4O5/c1-3-33-24(31)20-7-8-21(26-17(20)2)23(30)25-16-18-5-4-6-19(15-18)27-22(29)9-10-28-11-13-32-14-12-28/h4-8,15H,3,9-14,16H2,1-2H3,(H,25,30)(H,27,29). The van der Waals surface area contributed by atoms with Crippen LogP contribution in [0.4, 0.5) is 5.69 Å². The minimum atomic E-state index is -0.460. The molecule has 9 heteroatoms. The molecule has 0 aliphatic carbocycles. The van der Waals surface area contributed by atoms with E-state index >= 15 is 0 Å². The van der Waals surface area contributed by atoms with Crippen molar-refractivity contribution in [2.45, 2.75) is 26.8 Å². The Labute approximate surface area is 193 Å². The van der Waals surface area contributed by atoms with E-state index in [4.69, 9.17) is 9.47 Å². The number of pyridine rings is 1. The fourth-order valence-electron chi connectivity index (χ4n) is 3.45. The zero-order valence-electron chi connectivity index (χ0n) is 19.1. The van der Waals surface area contributed by atoms with Crippen LogP contribution in [0.5, 0.6) is 0 Å². The van der Waals surface area contributed by atoms with Crippen molar-refractivity contribution in [3.8, 4) is 0 Å². The highest BCUT2D eigenvalue weighted by Crippen LogP contribution is 2.13. The van der Waals surface area contributed by atoms with Crippen LogP contribution < -0.4 is 10.6 Å². The van der Waals surface area contributed by atoms with Crippen LogP contribution in [-0.4, -0.2) is 67.1 Å². The monoisotopic (exact) mass is 454 g/mol. The molecule has 1 saturated heterocycles. The Balaban J connectivity index is 1.50. The molecule has 33 heavy (non-hydrogen) atoms. The van der Waals surface area contributed by atoms with Gasteiger partial charge in [-0.15, -0.1) is 0 Å². The third kappa shape index (κ3) is 7.37. The summed E-state index contributed by atoms with van der Waals surface area (Å²) in [6.45, 7) is 7.75. The predicted octanol–water partition coefficient (Wildman–Crippen LogP) is 2.16. The summed E-state index contributed by atoms with van der Waals surface area (Å²) in [6, 6.07) is 10.4. The van der Waals surface area contributed by atoms with Gasteiger partial charge in [-0.1, -0.05) is 12.1 Å². The minimum Gasteiger partial charge on any atom is -0.462 e. The average Bonchev–Trinajstić information content (AvgIpc) is 2.82. The smallest absolute Gasteiger partial charge is 0.339 e. The lowest BCUT2D eigenvalue weighted by atomic mass is 10.1. The maximum absolute atomic E-state index is 12.5. The first-order valence-electron chi connectivity index (χ1n) is 11.1. The molecule has 0 spiro atoms. The van der Waals surface area contributed by atoms with Gasteiger partial charge in [-0.3, -0.25) is 14.5 Å². The second-order valence-corrected chi connectivity index (χ2v) is 7.69. The van der Waals surface area contributed by atoms with Crippen molar-refractivity contribution in [3.05, 3.63) is 58.9 Å². The van der Waals surface area contributed by atoms with Crippen LogP contribution in [0.2, 0.25) is 0 Å². The first kappa shape index (κ1) is 24.3. The molecule has 1 aromatic heterocycles. The number of carbonyl (C=O) groups excluding carboxylic acids is 3. The zero-order chi connectivity index (χ0) is 23.6. The van der Waals surface area contributed by atoms with Gasteiger partial charge in [0.1, 0.15) is 5.69 Å². The maximum Gasteiger partial charge on any atom is 0.339 e. The Morgan fingerprint density at radius 2 is 1.94 bits per heavy atom. The van der Waals surface area contributed by atoms with Gasteiger partial charge in [0.05, 0.1) is 31.1 Å². The number of hydrogen-bond acceptors (Lipinski definition) is 7. The van der Waals surface area contributed by atoms with Gasteiger partial charge in [-0.25, -0.2) is 9.78 Å². The molecule has 1 aromatic carbocycles. The summed E-state index contributed by atoms with van der Waals surface area (Å²) in [5, 5.41) is 5.73. The zero-order valence-corrected chi connectivity index (χ0v) is 19.1. The molecule has 2 amide bonds. The average molecular weight is 455 g/mol. The second-order valence-electron chi connectivity index (χ2n) is 7.69. The van der Waals surface area contributed by atoms with Crippen LogP contribution in [0.3, 0.4) is 0 Å². The topological polar surface area (TPSA) is 110 Å². The Kier molecular flexibility index (Phi) is 8.91. The summed E-state index contributed by atoms with van der Waals surface area (Å²) in [4.78, 5) is 43.1. The molecule has 3 rings (SSSR count). The number of amides is 2. The molecule has 0 unspecified atom stereocenters. The van der Waals surface area contributed by atoms with E-state index in [1.807, 2.05) is 24.3 Å². The van der Waals surface area contributed by atoms with Gasteiger partial charge in [0.25, 0.3) is 5.91 Å². The van der Waals surface area contributed by atoms with Crippen LogP contribution in [0, 0.1) is 6.92 Å². The normalized spacial score (nSPS) is 13.9. The molecule has 0 saturated carbocycles. The first-order chi connectivity index (χ1) is 16.0. The molecular weight excluding hydrogens is 424 g/mol. The molecule has 1 fully saturated rings. The van der Waals surface area contributed by atoms with Gasteiger partial charge in [-0.05, 0) is 43.7 Å². The number of aryl methyl sites for hydroxylation is 1. The number of carbonyl (C=O) groups is 3. The molecule has 2 heterocycles. The quantitative estimate of drug-likeness (QED) is 0.559. The molecule has 0 atom stereocenters. The lowest BCUT2D eigenvalue weighted by Crippen LogP contribution is -2.38. The van der Waals surface area contributed by atoms with Gasteiger partial charge in [-0.2, -0.15) is 0 Å². The van der Waals surface area contributed by atoms with E-state index in [1.54, 1.807) is 19.9 Å². The first-order valence-corrected chi connectivity index (χ1v) is 11.1. The maximum atomic E-state index is 12.5. The van der Waals surface area contributed by atoms with Crippen molar-refractivity contribution in [1.82, 2.24) is 15.2 Å². The number of morpholine rings is 1. The SMILES string of the molecule is CCOC(=O)c1ccc(C(=O)NCc2cccc(NC(=O)CCN3CCOCC3)c2)nc1C. The van der Waals surface area contributed by atoms with Crippen molar-refractivity contribution in [1.29, 1.82) is 0 Å². The molecule has 2 N–H and O–H groups in total. The lowest BCUT2D eigenvalue weighted by Gasteiger charge is -2.26. The molecule has 9 nitrogen and oxygen atoms in total. The van der Waals surface area contributed by atoms with Crippen molar-refractivity contribution >= 4 is 23.5 Å². The number of esters is 1. The largest absolute Gasteiger partial charge is 0.462 e. The van der Waals surface area contributed by atoms with Gasteiger partial charge in [0.15, 0.2) is 0 Å². The summed E-state index contributed by atoms with van der Waals surface area (Å²) in [6.07, 6.45) is 0.410. The highest BCUT2D eigenvalue weighted by atomic mass is 16.5. The van der Waals surface area contributed by atoms with Crippen molar-refractivity contribution in [2.24, 2.45) is 0 Å². The van der Waals surface area contributed by atoms with E-state index in [-0.39, 0.29) is 30.7 Å². The van der Waals surface area contributed by atoms with Gasteiger partial charge < -0.3 is 20.1 Å². The summed E-state index contributed by atoms with van der Waals surface area (Å²) in [7, 11) is 0. The molecule has 2 aromatic rings. The minimum absolute atomic E-state index is 0.0518. The molecule has 1 aliphatic rings. The Morgan fingerprint density at radius 1 is 1.15 bits per heavy atom. The number of nitrogens with one attached hydrogen (secondary N) is 2. The van der Waals surface area contributed by atoms with Crippen molar-refractivity contribution < 1.29 is 23.9 Å².